The van der Waals surface area contributed by atoms with Crippen molar-refractivity contribution < 1.29 is 79.0 Å². The second-order valence-corrected chi connectivity index (χ2v) is 6.51. The van der Waals surface area contributed by atoms with Crippen LogP contribution in [0, 0.1) is 34.9 Å². The van der Waals surface area contributed by atoms with Gasteiger partial charge in [-0.15, -0.1) is 0 Å². The van der Waals surface area contributed by atoms with Gasteiger partial charge in [-0.3, -0.25) is 0 Å². The highest BCUT2D eigenvalue weighted by atomic mass is 19.4. The molecule has 0 unspecified atom stereocenters. The van der Waals surface area contributed by atoms with Crippen molar-refractivity contribution in [2.75, 3.05) is 0 Å². The van der Waals surface area contributed by atoms with Crippen LogP contribution in [-0.2, 0) is 31.1 Å². The van der Waals surface area contributed by atoms with E-state index in [9.17, 15) is 79.0 Å². The van der Waals surface area contributed by atoms with Crippen LogP contribution in [-0.4, -0.2) is 0 Å². The molecule has 2 aromatic carbocycles. The van der Waals surface area contributed by atoms with E-state index in [2.05, 4.69) is 0 Å². The fourth-order valence-corrected chi connectivity index (χ4v) is 3.01. The van der Waals surface area contributed by atoms with Crippen LogP contribution in [0.1, 0.15) is 33.4 Å². The first-order chi connectivity index (χ1) is 15.4. The van der Waals surface area contributed by atoms with Crippen molar-refractivity contribution in [3.05, 3.63) is 68.3 Å². The van der Waals surface area contributed by atoms with Crippen molar-refractivity contribution in [1.29, 1.82) is 0 Å². The summed E-state index contributed by atoms with van der Waals surface area (Å²) in [6, 6.07) is 0. The van der Waals surface area contributed by atoms with Crippen molar-refractivity contribution in [2.24, 2.45) is 0 Å². The van der Waals surface area contributed by atoms with E-state index < -0.39 is 99.4 Å². The highest BCUT2D eigenvalue weighted by Gasteiger charge is 2.51. The Balaban J connectivity index is 3.09. The summed E-state index contributed by atoms with van der Waals surface area (Å²) < 4.78 is 240. The normalized spacial score (nSPS) is 13.5. The summed E-state index contributed by atoms with van der Waals surface area (Å²) in [7, 11) is 0. The van der Waals surface area contributed by atoms with Gasteiger partial charge in [0.05, 0.1) is 11.1 Å². The fraction of sp³-hybridized carbons (Fsp3) is 0.294. The molecule has 0 nitrogen and oxygen atoms in total. The molecule has 0 aliphatic rings. The molecule has 0 spiro atoms. The monoisotopic (exact) mass is 548 g/mol. The van der Waals surface area contributed by atoms with E-state index in [1.807, 2.05) is 0 Å². The van der Waals surface area contributed by atoms with Gasteiger partial charge in [-0.1, -0.05) is 0 Å². The third kappa shape index (κ3) is 4.96. The maximum absolute atomic E-state index is 14.2. The lowest BCUT2D eigenvalue weighted by atomic mass is 9.90. The Kier molecular flexibility index (Phi) is 6.81. The van der Waals surface area contributed by atoms with E-state index >= 15 is 0 Å². The van der Waals surface area contributed by atoms with Crippen molar-refractivity contribution >= 4 is 0 Å². The quantitative estimate of drug-likeness (QED) is 0.262. The molecule has 0 radical (unpaired) electrons. The predicted octanol–water partition coefficient (Wildman–Crippen LogP) is 8.19. The van der Waals surface area contributed by atoms with Gasteiger partial charge in [-0.25, -0.2) is 26.3 Å². The molecule has 2 aromatic rings. The number of rotatable bonds is 2. The Morgan fingerprint density at radius 2 is 0.543 bits per heavy atom. The van der Waals surface area contributed by atoms with Crippen LogP contribution in [0.5, 0.6) is 0 Å². The Morgan fingerprint density at radius 3 is 0.743 bits per heavy atom. The molecule has 0 aliphatic heterocycles. The van der Waals surface area contributed by atoms with Gasteiger partial charge in [0.2, 0.25) is 0 Å². The van der Waals surface area contributed by atoms with Gasteiger partial charge >= 0.3 is 24.7 Å². The molecule has 0 amide bonds. The average molecular weight is 548 g/mol. The molecule has 0 saturated carbocycles. The maximum atomic E-state index is 14.2. The number of hydrogen-bond acceptors (Lipinski definition) is 0. The number of hydrogen-bond donors (Lipinski definition) is 0. The largest absolute Gasteiger partial charge is 0.422 e. The minimum atomic E-state index is -6.47. The Hall–Kier alpha value is -2.82. The first kappa shape index (κ1) is 28.4. The van der Waals surface area contributed by atoms with E-state index in [4.69, 9.17) is 0 Å². The summed E-state index contributed by atoms with van der Waals surface area (Å²) >= 11 is 0. The van der Waals surface area contributed by atoms with Gasteiger partial charge in [-0.05, 0) is 0 Å². The van der Waals surface area contributed by atoms with Crippen molar-refractivity contribution in [3.8, 4) is 0 Å². The fourth-order valence-electron chi connectivity index (χ4n) is 3.01. The van der Waals surface area contributed by atoms with Crippen molar-refractivity contribution in [1.82, 2.24) is 0 Å². The van der Waals surface area contributed by atoms with Crippen LogP contribution in [0.4, 0.5) is 79.0 Å². The first-order valence-corrected chi connectivity index (χ1v) is 8.11. The third-order valence-corrected chi connectivity index (χ3v) is 4.32. The molecule has 196 valence electrons. The number of alkyl halides is 12. The SMILES string of the molecule is Fc1c(F)c(C(F)(F)F)c(F)c(C(F)(F)F)c1Cc1c(F)c(F)c(C(F)(F)F)c(F)c1C(F)(F)F. The highest BCUT2D eigenvalue weighted by Crippen LogP contribution is 2.47. The maximum Gasteiger partial charge on any atom is 0.422 e. The van der Waals surface area contributed by atoms with E-state index in [-0.39, 0.29) is 0 Å². The molecule has 0 saturated heterocycles. The first-order valence-electron chi connectivity index (χ1n) is 8.11. The number of benzene rings is 2. The van der Waals surface area contributed by atoms with Gasteiger partial charge in [0.1, 0.15) is 11.1 Å². The summed E-state index contributed by atoms with van der Waals surface area (Å²) in [6.45, 7) is 0. The average Bonchev–Trinajstić information content (AvgIpc) is 2.59. The molecule has 35 heavy (non-hydrogen) atoms. The van der Waals surface area contributed by atoms with E-state index in [1.54, 1.807) is 0 Å². The van der Waals surface area contributed by atoms with E-state index in [1.165, 1.54) is 0 Å². The highest BCUT2D eigenvalue weighted by molar-refractivity contribution is 5.47. The van der Waals surface area contributed by atoms with Gasteiger partial charge in [0, 0.05) is 17.5 Å². The zero-order chi connectivity index (χ0) is 27.6. The van der Waals surface area contributed by atoms with E-state index in [0.717, 1.165) is 0 Å². The molecule has 0 atom stereocenters. The molecule has 0 aliphatic carbocycles. The summed E-state index contributed by atoms with van der Waals surface area (Å²) in [6.07, 6.45) is -28.5. The molecule has 0 aromatic heterocycles. The molecule has 0 bridgehead atoms. The second kappa shape index (κ2) is 8.39. The van der Waals surface area contributed by atoms with Crippen LogP contribution in [0.25, 0.3) is 0 Å². The van der Waals surface area contributed by atoms with Crippen LogP contribution < -0.4 is 0 Å². The zero-order valence-electron chi connectivity index (χ0n) is 15.5. The summed E-state index contributed by atoms with van der Waals surface area (Å²) in [5, 5.41) is 0. The summed E-state index contributed by atoms with van der Waals surface area (Å²) in [5.41, 5.74) is -19.6. The van der Waals surface area contributed by atoms with Crippen molar-refractivity contribution in [3.63, 3.8) is 0 Å². The number of halogens is 18. The molecular weight excluding hydrogens is 546 g/mol. The lowest BCUT2D eigenvalue weighted by molar-refractivity contribution is -0.151. The standard InChI is InChI=1S/C17H2F18/c18-8-2(4(14(24,25)26)10(20)6(12(8)22)16(30,31)32)1-3-5(15(27,28)29)11(21)7(17(33,34)35)13(23)9(3)19/h1H2. The van der Waals surface area contributed by atoms with Gasteiger partial charge < -0.3 is 0 Å². The third-order valence-electron chi connectivity index (χ3n) is 4.32. The topological polar surface area (TPSA) is 0 Å². The molecule has 2 rings (SSSR count). The van der Waals surface area contributed by atoms with Gasteiger partial charge in [-0.2, -0.15) is 52.7 Å². The zero-order valence-corrected chi connectivity index (χ0v) is 15.5. The van der Waals surface area contributed by atoms with Crippen LogP contribution >= 0.6 is 0 Å². The molecule has 0 fully saturated rings. The summed E-state index contributed by atoms with van der Waals surface area (Å²) in [5.74, 6) is -20.9. The lowest BCUT2D eigenvalue weighted by Gasteiger charge is -2.22. The molecule has 18 heteroatoms. The minimum Gasteiger partial charge on any atom is -0.206 e. The van der Waals surface area contributed by atoms with Gasteiger partial charge in [0.25, 0.3) is 0 Å². The Bertz CT molecular complexity index is 1070. The van der Waals surface area contributed by atoms with Gasteiger partial charge in [0.15, 0.2) is 34.9 Å². The van der Waals surface area contributed by atoms with Crippen LogP contribution in [0.15, 0.2) is 0 Å². The smallest absolute Gasteiger partial charge is 0.206 e. The molecular formula is C17H2F18. The Labute approximate surface area is 179 Å². The Morgan fingerprint density at radius 1 is 0.314 bits per heavy atom. The van der Waals surface area contributed by atoms with Crippen molar-refractivity contribution in [2.45, 2.75) is 31.1 Å². The lowest BCUT2D eigenvalue weighted by Crippen LogP contribution is -2.25. The minimum absolute atomic E-state index is 2.84. The van der Waals surface area contributed by atoms with Crippen LogP contribution in [0.3, 0.4) is 0 Å². The molecule has 0 heterocycles. The van der Waals surface area contributed by atoms with Crippen LogP contribution in [0.2, 0.25) is 0 Å². The second-order valence-electron chi connectivity index (χ2n) is 6.51. The molecule has 0 N–H and O–H groups in total. The van der Waals surface area contributed by atoms with E-state index in [0.29, 0.717) is 0 Å². The summed E-state index contributed by atoms with van der Waals surface area (Å²) in [4.78, 5) is 0. The predicted molar refractivity (Wildman–Crippen MR) is 75.4 cm³/mol.